The van der Waals surface area contributed by atoms with Crippen LogP contribution in [0, 0.1) is 42.4 Å². The van der Waals surface area contributed by atoms with Gasteiger partial charge in [-0.15, -0.1) is 0 Å². The number of amides is 6. The van der Waals surface area contributed by atoms with E-state index < -0.39 is 58.3 Å². The van der Waals surface area contributed by atoms with Crippen LogP contribution < -0.4 is 51.5 Å². The molecule has 2 fully saturated rings. The number of nitrogens with one attached hydrogen (secondary N) is 4. The maximum atomic E-state index is 14.1. The molecule has 4 heterocycles. The first-order chi connectivity index (χ1) is 37.0. The zero-order valence-electron chi connectivity index (χ0n) is 44.9. The van der Waals surface area contributed by atoms with Crippen molar-refractivity contribution in [3.63, 3.8) is 0 Å². The number of carbonyl (C=O) groups is 6. The summed E-state index contributed by atoms with van der Waals surface area (Å²) in [5, 5.41) is 37.0. The topological polar surface area (TPSA) is 328 Å². The zero-order valence-corrected chi connectivity index (χ0v) is 45.7. The molecule has 1 saturated heterocycles. The monoisotopic (exact) mass is 1100 g/mol. The number of benzene rings is 2. The predicted molar refractivity (Wildman–Crippen MR) is 293 cm³/mol. The smallest absolute Gasteiger partial charge is 0.312 e. The van der Waals surface area contributed by atoms with E-state index in [1.165, 1.54) is 4.90 Å². The second-order valence-electron chi connectivity index (χ2n) is 21.2. The van der Waals surface area contributed by atoms with Gasteiger partial charge in [-0.25, -0.2) is 23.8 Å². The Bertz CT molecular complexity index is 3080. The minimum absolute atomic E-state index is 0.139. The zero-order chi connectivity index (χ0) is 56.6. The van der Waals surface area contributed by atoms with Gasteiger partial charge in [0.25, 0.3) is 15.9 Å². The predicted octanol–water partition coefficient (Wildman–Crippen LogP) is 2.23. The van der Waals surface area contributed by atoms with Gasteiger partial charge in [-0.3, -0.25) is 28.9 Å². The van der Waals surface area contributed by atoms with Gasteiger partial charge in [-0.1, -0.05) is 57.2 Å². The highest BCUT2D eigenvalue weighted by atomic mass is 32.2. The third-order valence-corrected chi connectivity index (χ3v) is 15.5. The lowest BCUT2D eigenvalue weighted by molar-refractivity contribution is -0.665. The molecule has 23 heteroatoms. The number of aromatic nitrogens is 2. The van der Waals surface area contributed by atoms with Gasteiger partial charge in [0, 0.05) is 75.5 Å². The van der Waals surface area contributed by atoms with Crippen LogP contribution in [0.1, 0.15) is 107 Å². The Labute approximate surface area is 455 Å². The van der Waals surface area contributed by atoms with E-state index in [9.17, 15) is 47.4 Å². The summed E-state index contributed by atoms with van der Waals surface area (Å²) in [6.45, 7) is 9.06. The second kappa shape index (κ2) is 25.6. The van der Waals surface area contributed by atoms with E-state index >= 15 is 0 Å². The third-order valence-electron chi connectivity index (χ3n) is 14.9. The first-order valence-electron chi connectivity index (χ1n) is 26.6. The fraction of sp³-hybridized carbons (Fsp3) is 0.509. The Morgan fingerprint density at radius 1 is 0.987 bits per heavy atom. The van der Waals surface area contributed by atoms with E-state index in [4.69, 9.17) is 21.3 Å². The molecule has 1 saturated carbocycles. The van der Waals surface area contributed by atoms with Crippen molar-refractivity contribution in [2.45, 2.75) is 116 Å². The molecule has 4 aromatic rings. The number of anilines is 3. The molecule has 7 atom stereocenters. The minimum Gasteiger partial charge on any atom is -0.488 e. The van der Waals surface area contributed by atoms with Crippen LogP contribution in [0.3, 0.4) is 0 Å². The highest BCUT2D eigenvalue weighted by Crippen LogP contribution is 2.40. The Morgan fingerprint density at radius 3 is 2.41 bits per heavy atom. The number of primary amides is 1. The van der Waals surface area contributed by atoms with Gasteiger partial charge in [-0.05, 0) is 74.3 Å². The van der Waals surface area contributed by atoms with Crippen molar-refractivity contribution in [3.05, 3.63) is 77.1 Å². The van der Waals surface area contributed by atoms with E-state index in [0.29, 0.717) is 78.1 Å². The van der Waals surface area contributed by atoms with Crippen LogP contribution in [-0.4, -0.2) is 122 Å². The summed E-state index contributed by atoms with van der Waals surface area (Å²) in [5.74, 6) is 3.79. The fourth-order valence-electron chi connectivity index (χ4n) is 10.6. The lowest BCUT2D eigenvalue weighted by atomic mass is 9.89. The number of hydrogen-bond donors (Lipinski definition) is 9. The summed E-state index contributed by atoms with van der Waals surface area (Å²) in [5.41, 5.74) is 17.4. The Balaban J connectivity index is 1.09. The van der Waals surface area contributed by atoms with Crippen LogP contribution in [0.2, 0.25) is 0 Å². The number of nitrogens with zero attached hydrogens (tertiary/aromatic N) is 4. The van der Waals surface area contributed by atoms with Crippen molar-refractivity contribution in [2.75, 3.05) is 55.8 Å². The average molecular weight is 1100 g/mol. The van der Waals surface area contributed by atoms with Gasteiger partial charge in [0.2, 0.25) is 23.6 Å². The lowest BCUT2D eigenvalue weighted by Crippen LogP contribution is -2.45. The molecule has 7 rings (SSSR count). The van der Waals surface area contributed by atoms with Gasteiger partial charge < -0.3 is 47.3 Å². The number of ketones is 1. The molecule has 12 N–H and O–H groups in total. The van der Waals surface area contributed by atoms with Crippen molar-refractivity contribution in [3.8, 4) is 17.6 Å². The number of aryl methyl sites for hydroxylation is 1. The Kier molecular flexibility index (Phi) is 19.2. The van der Waals surface area contributed by atoms with Crippen molar-refractivity contribution in [2.24, 2.45) is 34.5 Å². The molecule has 0 radical (unpaired) electrons. The highest BCUT2D eigenvalue weighted by Gasteiger charge is 2.46. The number of carbonyl (C=O) groups excluding carboxylic acids is 6. The van der Waals surface area contributed by atoms with Gasteiger partial charge in [0.15, 0.2) is 11.5 Å². The Morgan fingerprint density at radius 2 is 1.73 bits per heavy atom. The molecular weight excluding hydrogens is 1020 g/mol. The normalized spacial score (nSPS) is 20.0. The first-order valence-corrected chi connectivity index (χ1v) is 28.1. The van der Waals surface area contributed by atoms with Crippen LogP contribution in [0.15, 0.2) is 54.9 Å². The summed E-state index contributed by atoms with van der Waals surface area (Å²) in [6, 6.07) is 10.5. The molecule has 420 valence electrons. The van der Waals surface area contributed by atoms with Crippen molar-refractivity contribution in [1.82, 2.24) is 24.8 Å². The largest absolute Gasteiger partial charge is 0.488 e. The number of ether oxygens (including phenoxy) is 1. The summed E-state index contributed by atoms with van der Waals surface area (Å²) < 4.78 is 35.8. The van der Waals surface area contributed by atoms with Crippen LogP contribution in [0.5, 0.6) is 5.75 Å². The molecule has 2 aromatic carbocycles. The summed E-state index contributed by atoms with van der Waals surface area (Å²) in [4.78, 5) is 80.3. The lowest BCUT2D eigenvalue weighted by Gasteiger charge is -2.28. The number of likely N-dealkylation sites (tertiary alicyclic amines) is 1. The molecule has 0 bridgehead atoms. The summed E-state index contributed by atoms with van der Waals surface area (Å²) in [6.07, 6.45) is 3.53. The number of pyridine rings is 1. The Hall–Kier alpha value is -7.10. The molecule has 2 aromatic heterocycles. The average Bonchev–Trinajstić information content (AvgIpc) is 4.18. The van der Waals surface area contributed by atoms with Gasteiger partial charge in [0.1, 0.15) is 36.9 Å². The number of Topliss-reactive ketones (excluding diaryl/α,β-unsaturated/α-hetero) is 1. The van der Waals surface area contributed by atoms with Gasteiger partial charge >= 0.3 is 6.03 Å². The maximum Gasteiger partial charge on any atom is 0.312 e. The van der Waals surface area contributed by atoms with E-state index in [-0.39, 0.29) is 87.1 Å². The number of aliphatic hydroxyl groups is 2. The van der Waals surface area contributed by atoms with Crippen LogP contribution in [0.4, 0.5) is 21.9 Å². The third kappa shape index (κ3) is 14.3. The van der Waals surface area contributed by atoms with Crippen LogP contribution in [0.25, 0.3) is 11.0 Å². The van der Waals surface area contributed by atoms with E-state index in [1.54, 1.807) is 37.5 Å². The number of nitrogen functional groups attached to an aromatic ring is 1. The number of unbranched alkanes of at least 4 members (excludes halogenated alkanes) is 2. The summed E-state index contributed by atoms with van der Waals surface area (Å²) >= 11 is 0. The quantitative estimate of drug-likeness (QED) is 0.0223. The minimum atomic E-state index is -4.09. The number of likely N-dealkylation sites (N-methyl/N-ethyl adjacent to an activating group) is 1. The van der Waals surface area contributed by atoms with Crippen LogP contribution >= 0.6 is 0 Å². The highest BCUT2D eigenvalue weighted by molar-refractivity contribution is 7.87. The van der Waals surface area contributed by atoms with Gasteiger partial charge in [0.05, 0.1) is 47.4 Å². The van der Waals surface area contributed by atoms with E-state index in [1.807, 2.05) is 61.2 Å². The standard InChI is InChI=1S/C55H73N11O11S/c1-32(2)48(62-45(68)11-7-6-8-22-65-46(69)26-34(4)54(65)73)44(67)28-36(10-9-21-59-55(57)74)52(72)61-39-16-13-35(14-17-39)30-64-23-20-41(56)47-37(15-18-40-33(3)12-19-42-51(40)77-25-24-63(42)5)31-66(53(47)64)43-27-38(49(70)50(43)71)29-60-78(58,75)76/h12-14,16-17,19-20,23,31-32,34,36,38,43,48-50,56,60,70-71H,6-11,21-22,24-30H2,1-5H3,(H7,57,58,59,61,62,68,72,74,75,76)/p+1/t34?,36-,38-,43-,48+,49+,50-/m0/s1. The van der Waals surface area contributed by atoms with Crippen LogP contribution in [-0.2, 0) is 40.7 Å². The molecule has 1 aliphatic carbocycles. The molecule has 22 nitrogen and oxygen atoms in total. The summed E-state index contributed by atoms with van der Waals surface area (Å²) in [7, 11) is -2.09. The maximum absolute atomic E-state index is 14.1. The number of aliphatic hydroxyl groups excluding tert-OH is 2. The molecule has 1 unspecified atom stereocenters. The molecule has 3 aliphatic rings. The number of hydrogen-bond acceptors (Lipinski definition) is 13. The number of imide groups is 1. The molecule has 6 amide bonds. The molecule has 2 aliphatic heterocycles. The van der Waals surface area contributed by atoms with Crippen molar-refractivity contribution >= 4 is 73.7 Å². The number of rotatable bonds is 23. The number of urea groups is 1. The molecular formula is C55H74N11O11S+. The molecule has 0 spiro atoms. The van der Waals surface area contributed by atoms with E-state index in [0.717, 1.165) is 23.4 Å². The number of fused-ring (bicyclic) bond motifs is 2. The van der Waals surface area contributed by atoms with Crippen molar-refractivity contribution in [1.29, 1.82) is 0 Å². The fourth-order valence-corrected chi connectivity index (χ4v) is 11.0. The van der Waals surface area contributed by atoms with Crippen molar-refractivity contribution < 1.29 is 56.7 Å². The number of nitrogens with two attached hydrogens (primary N) is 3. The SMILES string of the molecule is Cc1ccc2c(c1C#Cc1cn([C@H]3C[C@@H](CNS(N)(=O)=O)[C@@H](O)[C@H]3O)c3c1c(N)cc[n+]3Cc1ccc(NC(=O)[C@@H](CCCNC(N)=O)CC(=O)[C@H](NC(=O)CCCCCN3C(=O)CC(C)C3=O)C(C)C)cc1)OCCN2C. The van der Waals surface area contributed by atoms with E-state index in [2.05, 4.69) is 37.4 Å². The molecule has 78 heavy (non-hydrogen) atoms. The second-order valence-corrected chi connectivity index (χ2v) is 22.6. The first kappa shape index (κ1) is 58.6. The van der Waals surface area contributed by atoms with Gasteiger partial charge in [-0.2, -0.15) is 8.42 Å².